The molecule has 0 saturated heterocycles. The van der Waals surface area contributed by atoms with Crippen LogP contribution >= 0.6 is 11.3 Å². The van der Waals surface area contributed by atoms with Crippen LogP contribution in [-0.4, -0.2) is 12.9 Å². The van der Waals surface area contributed by atoms with Gasteiger partial charge in [-0.2, -0.15) is 0 Å². The third-order valence-corrected chi connectivity index (χ3v) is 3.35. The number of anilines is 1. The quantitative estimate of drug-likeness (QED) is 0.667. The predicted octanol–water partition coefficient (Wildman–Crippen LogP) is 2.76. The number of hydrogen-bond acceptors (Lipinski definition) is 4. The van der Waals surface area contributed by atoms with Gasteiger partial charge in [0, 0.05) is 22.5 Å². The van der Waals surface area contributed by atoms with E-state index in [0.717, 1.165) is 4.88 Å². The molecule has 0 amide bonds. The number of nitrogen functional groups attached to an aromatic ring is 1. The van der Waals surface area contributed by atoms with Crippen molar-refractivity contribution in [2.45, 2.75) is 6.42 Å². The van der Waals surface area contributed by atoms with Crippen LogP contribution < -0.4 is 10.5 Å². The zero-order chi connectivity index (χ0) is 12.3. The van der Waals surface area contributed by atoms with Gasteiger partial charge in [0.15, 0.2) is 5.78 Å². The van der Waals surface area contributed by atoms with Crippen LogP contribution in [-0.2, 0) is 6.42 Å². The molecule has 17 heavy (non-hydrogen) atoms. The number of carbonyl (C=O) groups is 1. The first kappa shape index (κ1) is 11.7. The number of methoxy groups -OCH3 is 1. The van der Waals surface area contributed by atoms with Crippen molar-refractivity contribution in [2.75, 3.05) is 12.8 Å². The van der Waals surface area contributed by atoms with Crippen molar-refractivity contribution in [3.8, 4) is 5.75 Å². The van der Waals surface area contributed by atoms with Gasteiger partial charge in [-0.25, -0.2) is 0 Å². The van der Waals surface area contributed by atoms with E-state index in [-0.39, 0.29) is 5.78 Å². The fraction of sp³-hybridized carbons (Fsp3) is 0.154. The van der Waals surface area contributed by atoms with E-state index in [1.54, 1.807) is 36.6 Å². The molecule has 2 N–H and O–H groups in total. The molecule has 1 heterocycles. The van der Waals surface area contributed by atoms with Gasteiger partial charge in [0.25, 0.3) is 0 Å². The number of ether oxygens (including phenoxy) is 1. The van der Waals surface area contributed by atoms with Gasteiger partial charge >= 0.3 is 0 Å². The predicted molar refractivity (Wildman–Crippen MR) is 69.8 cm³/mol. The molecule has 2 rings (SSSR count). The van der Waals surface area contributed by atoms with Crippen molar-refractivity contribution in [3.05, 3.63) is 46.2 Å². The van der Waals surface area contributed by atoms with Crippen LogP contribution in [0.25, 0.3) is 0 Å². The van der Waals surface area contributed by atoms with Gasteiger partial charge in [-0.3, -0.25) is 4.79 Å². The SMILES string of the molecule is COc1ccc(N)c(C(=O)Cc2cccs2)c1. The van der Waals surface area contributed by atoms with Crippen LogP contribution in [0.4, 0.5) is 5.69 Å². The van der Waals surface area contributed by atoms with E-state index in [1.165, 1.54) is 0 Å². The van der Waals surface area contributed by atoms with Crippen LogP contribution in [0.1, 0.15) is 15.2 Å². The number of carbonyl (C=O) groups excluding carboxylic acids is 1. The molecule has 3 nitrogen and oxygen atoms in total. The second kappa shape index (κ2) is 5.01. The van der Waals surface area contributed by atoms with Crippen LogP contribution in [0.15, 0.2) is 35.7 Å². The maximum absolute atomic E-state index is 12.1. The highest BCUT2D eigenvalue weighted by Gasteiger charge is 2.12. The summed E-state index contributed by atoms with van der Waals surface area (Å²) in [4.78, 5) is 13.1. The summed E-state index contributed by atoms with van der Waals surface area (Å²) < 4.78 is 5.09. The Hall–Kier alpha value is -1.81. The largest absolute Gasteiger partial charge is 0.497 e. The summed E-state index contributed by atoms with van der Waals surface area (Å²) in [7, 11) is 1.57. The number of ketones is 1. The maximum Gasteiger partial charge on any atom is 0.170 e. The van der Waals surface area contributed by atoms with E-state index in [9.17, 15) is 4.79 Å². The van der Waals surface area contributed by atoms with E-state index >= 15 is 0 Å². The molecule has 1 aromatic heterocycles. The van der Waals surface area contributed by atoms with E-state index in [4.69, 9.17) is 10.5 Å². The monoisotopic (exact) mass is 247 g/mol. The third kappa shape index (κ3) is 2.65. The molecule has 0 fully saturated rings. The number of nitrogens with two attached hydrogens (primary N) is 1. The van der Waals surface area contributed by atoms with Crippen molar-refractivity contribution in [2.24, 2.45) is 0 Å². The zero-order valence-electron chi connectivity index (χ0n) is 9.47. The molecule has 0 bridgehead atoms. The number of thiophene rings is 1. The van der Waals surface area contributed by atoms with Crippen molar-refractivity contribution in [1.29, 1.82) is 0 Å². The first-order valence-electron chi connectivity index (χ1n) is 5.20. The summed E-state index contributed by atoms with van der Waals surface area (Å²) in [6.45, 7) is 0. The van der Waals surface area contributed by atoms with E-state index in [1.807, 2.05) is 17.5 Å². The first-order valence-corrected chi connectivity index (χ1v) is 6.08. The normalized spacial score (nSPS) is 10.2. The van der Waals surface area contributed by atoms with Crippen molar-refractivity contribution >= 4 is 22.8 Å². The Labute approximate surface area is 104 Å². The molecule has 0 atom stereocenters. The molecule has 0 aliphatic heterocycles. The van der Waals surface area contributed by atoms with Gasteiger partial charge in [-0.1, -0.05) is 6.07 Å². The lowest BCUT2D eigenvalue weighted by atomic mass is 10.1. The minimum atomic E-state index is 0.0175. The Bertz CT molecular complexity index is 520. The smallest absolute Gasteiger partial charge is 0.170 e. The minimum absolute atomic E-state index is 0.0175. The number of benzene rings is 1. The molecule has 0 saturated carbocycles. The van der Waals surface area contributed by atoms with Gasteiger partial charge < -0.3 is 10.5 Å². The van der Waals surface area contributed by atoms with Crippen LogP contribution in [0.5, 0.6) is 5.75 Å². The van der Waals surface area contributed by atoms with Crippen LogP contribution in [0.2, 0.25) is 0 Å². The summed E-state index contributed by atoms with van der Waals surface area (Å²) >= 11 is 1.57. The van der Waals surface area contributed by atoms with Gasteiger partial charge in [-0.05, 0) is 29.6 Å². The van der Waals surface area contributed by atoms with Crippen molar-refractivity contribution in [1.82, 2.24) is 0 Å². The molecule has 1 aromatic carbocycles. The summed E-state index contributed by atoms with van der Waals surface area (Å²) in [6.07, 6.45) is 0.384. The van der Waals surface area contributed by atoms with Gasteiger partial charge in [0.05, 0.1) is 7.11 Å². The second-order valence-electron chi connectivity index (χ2n) is 3.63. The minimum Gasteiger partial charge on any atom is -0.497 e. The molecule has 0 spiro atoms. The van der Waals surface area contributed by atoms with Crippen LogP contribution in [0, 0.1) is 0 Å². The molecule has 0 aliphatic carbocycles. The molecular formula is C13H13NO2S. The van der Waals surface area contributed by atoms with E-state index in [0.29, 0.717) is 23.4 Å². The Morgan fingerprint density at radius 1 is 1.41 bits per heavy atom. The highest BCUT2D eigenvalue weighted by atomic mass is 32.1. The van der Waals surface area contributed by atoms with E-state index < -0.39 is 0 Å². The zero-order valence-corrected chi connectivity index (χ0v) is 10.3. The maximum atomic E-state index is 12.1. The Kier molecular flexibility index (Phi) is 3.44. The second-order valence-corrected chi connectivity index (χ2v) is 4.66. The van der Waals surface area contributed by atoms with Gasteiger partial charge in [0.1, 0.15) is 5.75 Å². The molecular weight excluding hydrogens is 234 g/mol. The average molecular weight is 247 g/mol. The molecule has 88 valence electrons. The first-order chi connectivity index (χ1) is 8.20. The summed E-state index contributed by atoms with van der Waals surface area (Å²) in [5, 5.41) is 1.96. The lowest BCUT2D eigenvalue weighted by molar-refractivity contribution is 0.0994. The third-order valence-electron chi connectivity index (χ3n) is 2.48. The van der Waals surface area contributed by atoms with Gasteiger partial charge in [0.2, 0.25) is 0 Å². The fourth-order valence-electron chi connectivity index (χ4n) is 1.57. The standard InChI is InChI=1S/C13H13NO2S/c1-16-9-4-5-12(14)11(7-9)13(15)8-10-3-2-6-17-10/h2-7H,8,14H2,1H3. The van der Waals surface area contributed by atoms with Crippen LogP contribution in [0.3, 0.4) is 0 Å². The highest BCUT2D eigenvalue weighted by molar-refractivity contribution is 7.10. The summed E-state index contributed by atoms with van der Waals surface area (Å²) in [5.41, 5.74) is 6.82. The lowest BCUT2D eigenvalue weighted by Crippen LogP contribution is -2.06. The van der Waals surface area contributed by atoms with Crippen molar-refractivity contribution < 1.29 is 9.53 Å². The van der Waals surface area contributed by atoms with Crippen molar-refractivity contribution in [3.63, 3.8) is 0 Å². The Morgan fingerprint density at radius 3 is 2.88 bits per heavy atom. The Morgan fingerprint density at radius 2 is 2.24 bits per heavy atom. The topological polar surface area (TPSA) is 52.3 Å². The highest BCUT2D eigenvalue weighted by Crippen LogP contribution is 2.22. The lowest BCUT2D eigenvalue weighted by Gasteiger charge is -2.06. The molecule has 0 unspecified atom stereocenters. The number of hydrogen-bond donors (Lipinski definition) is 1. The number of Topliss-reactive ketones (excluding diaryl/α,β-unsaturated/α-hetero) is 1. The van der Waals surface area contributed by atoms with Gasteiger partial charge in [-0.15, -0.1) is 11.3 Å². The summed E-state index contributed by atoms with van der Waals surface area (Å²) in [5.74, 6) is 0.664. The molecule has 4 heteroatoms. The Balaban J connectivity index is 2.24. The summed E-state index contributed by atoms with van der Waals surface area (Å²) in [6, 6.07) is 9.00. The van der Waals surface area contributed by atoms with E-state index in [2.05, 4.69) is 0 Å². The average Bonchev–Trinajstić information content (AvgIpc) is 2.82. The molecule has 0 aliphatic rings. The molecule has 0 radical (unpaired) electrons. The fourth-order valence-corrected chi connectivity index (χ4v) is 2.27. The number of rotatable bonds is 4. The molecule has 2 aromatic rings.